The summed E-state index contributed by atoms with van der Waals surface area (Å²) in [6.07, 6.45) is 9.90. The van der Waals surface area contributed by atoms with Crippen molar-refractivity contribution in [3.8, 4) is 148 Å². The van der Waals surface area contributed by atoms with Crippen molar-refractivity contribution in [2.45, 2.75) is 96.3 Å². The van der Waals surface area contributed by atoms with Crippen LogP contribution in [-0.2, 0) is 10.2 Å². The summed E-state index contributed by atoms with van der Waals surface area (Å²) in [5.41, 5.74) is 8.52. The molecule has 0 aliphatic rings. The van der Waals surface area contributed by atoms with E-state index >= 15 is 0 Å². The molecule has 0 saturated carbocycles. The van der Waals surface area contributed by atoms with Gasteiger partial charge in [0, 0.05) is 63.6 Å². The van der Waals surface area contributed by atoms with Gasteiger partial charge in [-0.15, -0.1) is 0 Å². The number of hydrogen-bond acceptors (Lipinski definition) is 20. The molecule has 0 radical (unpaired) electrons. The molecule has 0 aliphatic carbocycles. The molecule has 4 N–H and O–H groups in total. The van der Waals surface area contributed by atoms with Crippen molar-refractivity contribution in [3.63, 3.8) is 0 Å². The lowest BCUT2D eigenvalue weighted by molar-refractivity contribution is 0.0971. The molecular formula is C97H93N9O11. The van der Waals surface area contributed by atoms with E-state index in [0.29, 0.717) is 125 Å². The Morgan fingerprint density at radius 1 is 0.274 bits per heavy atom. The van der Waals surface area contributed by atoms with Crippen LogP contribution in [-0.4, -0.2) is 111 Å². The number of aromatic hydroxyl groups is 3. The lowest BCUT2D eigenvalue weighted by atomic mass is 9.78. The van der Waals surface area contributed by atoms with E-state index in [1.807, 2.05) is 218 Å². The van der Waals surface area contributed by atoms with Crippen LogP contribution in [0.1, 0.15) is 102 Å². The summed E-state index contributed by atoms with van der Waals surface area (Å²) in [4.78, 5) is 54.9. The highest BCUT2D eigenvalue weighted by Crippen LogP contribution is 2.39. The summed E-state index contributed by atoms with van der Waals surface area (Å²) in [6, 6.07) is 89.6. The van der Waals surface area contributed by atoms with Gasteiger partial charge in [-0.1, -0.05) is 227 Å². The van der Waals surface area contributed by atoms with Crippen LogP contribution in [0.3, 0.4) is 0 Å². The highest BCUT2D eigenvalue weighted by atomic mass is 16.7. The summed E-state index contributed by atoms with van der Waals surface area (Å²) in [7, 11) is 0. The molecule has 0 bridgehead atoms. The van der Waals surface area contributed by atoms with Gasteiger partial charge in [0.1, 0.15) is 46.0 Å². The third-order valence-corrected chi connectivity index (χ3v) is 19.5. The maximum atomic E-state index is 12.5. The van der Waals surface area contributed by atoms with Crippen molar-refractivity contribution >= 4 is 6.16 Å². The van der Waals surface area contributed by atoms with Gasteiger partial charge >= 0.3 is 6.16 Å². The van der Waals surface area contributed by atoms with Gasteiger partial charge in [-0.3, -0.25) is 0 Å². The highest BCUT2D eigenvalue weighted by molar-refractivity contribution is 5.74. The third-order valence-electron chi connectivity index (χ3n) is 19.5. The third kappa shape index (κ3) is 23.0. The number of carbonyl (C=O) groups is 1. The van der Waals surface area contributed by atoms with E-state index in [1.165, 1.54) is 0 Å². The van der Waals surface area contributed by atoms with Gasteiger partial charge in [0.2, 0.25) is 0 Å². The van der Waals surface area contributed by atoms with E-state index in [-0.39, 0.29) is 35.9 Å². The number of carbonyl (C=O) groups excluding carboxylic acids is 1. The molecule has 14 rings (SSSR count). The first-order valence-electron chi connectivity index (χ1n) is 39.7. The number of aromatic nitrogens is 9. The van der Waals surface area contributed by atoms with E-state index in [1.54, 1.807) is 54.6 Å². The minimum atomic E-state index is -0.738. The molecule has 0 saturated heterocycles. The molecule has 0 spiro atoms. The summed E-state index contributed by atoms with van der Waals surface area (Å²) >= 11 is 0. The summed E-state index contributed by atoms with van der Waals surface area (Å²) in [5, 5.41) is 41.7. The molecule has 3 aromatic heterocycles. The monoisotopic (exact) mass is 1560 g/mol. The van der Waals surface area contributed by atoms with Crippen LogP contribution < -0.4 is 23.7 Å². The van der Waals surface area contributed by atoms with E-state index < -0.39 is 6.16 Å². The number of benzene rings is 11. The highest BCUT2D eigenvalue weighted by Gasteiger charge is 2.25. The molecule has 592 valence electrons. The molecule has 117 heavy (non-hydrogen) atoms. The summed E-state index contributed by atoms with van der Waals surface area (Å²) in [5.74, 6) is 7.34. The van der Waals surface area contributed by atoms with Gasteiger partial charge in [0.15, 0.2) is 52.4 Å². The van der Waals surface area contributed by atoms with Crippen LogP contribution in [0.2, 0.25) is 0 Å². The minimum Gasteiger partial charge on any atom is -0.507 e. The van der Waals surface area contributed by atoms with Crippen LogP contribution in [0, 0.1) is 0 Å². The van der Waals surface area contributed by atoms with Crippen LogP contribution in [0.15, 0.2) is 285 Å². The fourth-order valence-corrected chi connectivity index (χ4v) is 13.0. The zero-order valence-electron chi connectivity index (χ0n) is 65.5. The maximum absolute atomic E-state index is 12.5. The van der Waals surface area contributed by atoms with Gasteiger partial charge in [0.25, 0.3) is 0 Å². The predicted octanol–water partition coefficient (Wildman–Crippen LogP) is 21.5. The number of hydrogen-bond donors (Lipinski definition) is 4. The van der Waals surface area contributed by atoms with Crippen LogP contribution >= 0.6 is 0 Å². The smallest absolute Gasteiger partial charge is 0.507 e. The van der Waals surface area contributed by atoms with E-state index in [4.69, 9.17) is 63.4 Å². The predicted molar refractivity (Wildman–Crippen MR) is 455 cm³/mol. The standard InChI is InChI=1S/C70H66N6O8.C27H27N3O3/c1-70(2,53-31-35-55(36-32-53)80-43-19-3-4-20-44-81-57-39-41-59(61(77)47-57)67-73-63(49-23-11-7-12-24-49)71-64(74-67)50-25-13-8-14-26-50)54-33-37-56(38-34-54)84-69(79)83-46-22-6-5-21-45-82-58-40-42-60(62(78)48-58)68-75-65(51-27-15-9-16-28-51)72-66(76-68)52-29-17-10-18-30-52;31-17-9-1-2-10-18-33-22-15-16-23(24(32)19-22)27-29-25(20-11-5-3-6-12-20)28-26(30-27)21-13-7-4-8-14-21/h7-18,23-42,47-48,77-78H,3-6,19-22,43-46H2,1-2H3;3-8,11-16,19,31-32H,1-2,9-10,17-18H2. The van der Waals surface area contributed by atoms with Crippen molar-refractivity contribution in [2.75, 3.05) is 39.6 Å². The Bertz CT molecular complexity index is 5300. The van der Waals surface area contributed by atoms with Crippen molar-refractivity contribution < 1.29 is 53.6 Å². The quantitative estimate of drug-likeness (QED) is 0.0161. The molecule has 0 amide bonds. The largest absolute Gasteiger partial charge is 0.513 e. The minimum absolute atomic E-state index is 0.00788. The number of phenolic OH excluding ortho intramolecular Hbond substituents is 3. The zero-order valence-corrected chi connectivity index (χ0v) is 65.5. The number of aliphatic hydroxyl groups is 1. The zero-order chi connectivity index (χ0) is 80.8. The summed E-state index contributed by atoms with van der Waals surface area (Å²) < 4.78 is 34.7. The number of nitrogens with zero attached hydrogens (tertiary/aromatic N) is 9. The Labute approximate surface area is 681 Å². The first kappa shape index (κ1) is 81.3. The molecule has 0 atom stereocenters. The Kier molecular flexibility index (Phi) is 28.7. The number of aliphatic hydroxyl groups excluding tert-OH is 1. The second-order valence-electron chi connectivity index (χ2n) is 28.4. The second kappa shape index (κ2) is 41.4. The fourth-order valence-electron chi connectivity index (χ4n) is 13.0. The molecule has 0 fully saturated rings. The molecule has 3 heterocycles. The first-order valence-corrected chi connectivity index (χ1v) is 39.7. The van der Waals surface area contributed by atoms with Gasteiger partial charge in [-0.2, -0.15) is 0 Å². The molecule has 0 unspecified atom stereocenters. The first-order chi connectivity index (χ1) is 57.4. The Morgan fingerprint density at radius 3 is 0.786 bits per heavy atom. The van der Waals surface area contributed by atoms with Crippen molar-refractivity contribution in [1.82, 2.24) is 44.9 Å². The van der Waals surface area contributed by atoms with Gasteiger partial charge in [0.05, 0.1) is 49.7 Å². The normalized spacial score (nSPS) is 11.1. The van der Waals surface area contributed by atoms with Gasteiger partial charge in [-0.25, -0.2) is 49.7 Å². The second-order valence-corrected chi connectivity index (χ2v) is 28.4. The summed E-state index contributed by atoms with van der Waals surface area (Å²) in [6.45, 7) is 6.95. The van der Waals surface area contributed by atoms with Crippen molar-refractivity contribution in [3.05, 3.63) is 296 Å². The Morgan fingerprint density at radius 2 is 0.513 bits per heavy atom. The molecule has 20 nitrogen and oxygen atoms in total. The lowest BCUT2D eigenvalue weighted by Crippen LogP contribution is -2.19. The van der Waals surface area contributed by atoms with Crippen molar-refractivity contribution in [2.24, 2.45) is 0 Å². The SMILES string of the molecule is CC(C)(c1ccc(OCCCCCCOc2ccc(-c3nc(-c4ccccc4)nc(-c4ccccc4)n3)c(O)c2)cc1)c1ccc(OC(=O)OCCCCCCOc2ccc(-c3nc(-c4ccccc4)nc(-c4ccccc4)n3)c(O)c2)cc1.OCCCCCCOc1ccc(-c2nc(-c3ccccc3)nc(-c3ccccc3)n2)c(O)c1. The van der Waals surface area contributed by atoms with Gasteiger partial charge < -0.3 is 48.8 Å². The fraction of sp³-hybridized carbons (Fsp3) is 0.216. The lowest BCUT2D eigenvalue weighted by Gasteiger charge is -2.26. The number of phenols is 3. The molecular weight excluding hydrogens is 1470 g/mol. The van der Waals surface area contributed by atoms with Crippen molar-refractivity contribution in [1.29, 1.82) is 0 Å². The molecule has 11 aromatic carbocycles. The van der Waals surface area contributed by atoms with Crippen LogP contribution in [0.25, 0.3) is 102 Å². The number of ether oxygens (including phenoxy) is 6. The number of unbranched alkanes of at least 4 members (excludes halogenated alkanes) is 9. The average Bonchev–Trinajstić information content (AvgIpc) is 0.792. The van der Waals surface area contributed by atoms with Gasteiger partial charge in [-0.05, 0) is 142 Å². The molecule has 0 aliphatic heterocycles. The molecule has 14 aromatic rings. The number of rotatable bonds is 36. The van der Waals surface area contributed by atoms with Crippen LogP contribution in [0.4, 0.5) is 4.79 Å². The van der Waals surface area contributed by atoms with E-state index in [9.17, 15) is 20.1 Å². The maximum Gasteiger partial charge on any atom is 0.513 e. The Balaban J connectivity index is 0.000000299. The van der Waals surface area contributed by atoms with E-state index in [2.05, 4.69) is 40.9 Å². The van der Waals surface area contributed by atoms with Crippen LogP contribution in [0.5, 0.6) is 46.0 Å². The Hall–Kier alpha value is -13.7. The molecule has 20 heteroatoms. The topological polar surface area (TPSA) is 269 Å². The average molecular weight is 1560 g/mol. The van der Waals surface area contributed by atoms with E-state index in [0.717, 1.165) is 121 Å².